The van der Waals surface area contributed by atoms with Gasteiger partial charge in [-0.15, -0.1) is 0 Å². The van der Waals surface area contributed by atoms with E-state index in [0.717, 1.165) is 9.87 Å². The molecule has 0 aliphatic carbocycles. The highest BCUT2D eigenvalue weighted by atomic mass is 32.2. The highest BCUT2D eigenvalue weighted by Crippen LogP contribution is 1.97. The number of amides is 2. The van der Waals surface area contributed by atoms with Crippen LogP contribution >= 0.6 is 0 Å². The summed E-state index contributed by atoms with van der Waals surface area (Å²) in [6.45, 7) is 0.494. The van der Waals surface area contributed by atoms with Gasteiger partial charge in [0.15, 0.2) is 0 Å². The summed E-state index contributed by atoms with van der Waals surface area (Å²) in [6.07, 6.45) is 0. The van der Waals surface area contributed by atoms with Gasteiger partial charge >= 0.3 is 6.03 Å². The fraction of sp³-hybridized carbons (Fsp3) is 0.417. The maximum atomic E-state index is 11.4. The van der Waals surface area contributed by atoms with Crippen LogP contribution in [-0.2, 0) is 16.6 Å². The van der Waals surface area contributed by atoms with E-state index in [9.17, 15) is 13.2 Å². The van der Waals surface area contributed by atoms with E-state index in [1.54, 1.807) is 0 Å². The number of benzene rings is 1. The molecule has 1 aromatic rings. The van der Waals surface area contributed by atoms with Gasteiger partial charge in [0.05, 0.1) is 5.75 Å². The van der Waals surface area contributed by atoms with E-state index in [4.69, 9.17) is 0 Å². The third-order valence-electron chi connectivity index (χ3n) is 2.50. The van der Waals surface area contributed by atoms with Gasteiger partial charge in [-0.2, -0.15) is 0 Å². The number of rotatable bonds is 6. The fourth-order valence-corrected chi connectivity index (χ4v) is 2.04. The normalized spacial score (nSPS) is 11.3. The van der Waals surface area contributed by atoms with E-state index < -0.39 is 10.0 Å². The fourth-order valence-electron chi connectivity index (χ4n) is 1.32. The standard InChI is InChI=1S/C12H19N3O3S/c1-15(2)19(17,18)9-8-13-12(16)14-10-11-6-4-3-5-7-11/h3-7H,8-10H2,1-2H3,(H2,13,14,16). The molecule has 0 aliphatic heterocycles. The molecule has 0 spiro atoms. The number of carbonyl (C=O) groups excluding carboxylic acids is 1. The quantitative estimate of drug-likeness (QED) is 0.793. The van der Waals surface area contributed by atoms with Gasteiger partial charge in [-0.1, -0.05) is 30.3 Å². The smallest absolute Gasteiger partial charge is 0.315 e. The van der Waals surface area contributed by atoms with E-state index in [0.29, 0.717) is 6.54 Å². The van der Waals surface area contributed by atoms with Crippen molar-refractivity contribution in [3.63, 3.8) is 0 Å². The zero-order chi connectivity index (χ0) is 14.3. The van der Waals surface area contributed by atoms with E-state index in [1.807, 2.05) is 30.3 Å². The average Bonchev–Trinajstić information content (AvgIpc) is 2.37. The van der Waals surface area contributed by atoms with Crippen molar-refractivity contribution >= 4 is 16.1 Å². The van der Waals surface area contributed by atoms with E-state index >= 15 is 0 Å². The number of hydrogen-bond donors (Lipinski definition) is 2. The SMILES string of the molecule is CN(C)S(=O)(=O)CCNC(=O)NCc1ccccc1. The van der Waals surface area contributed by atoms with Crippen LogP contribution in [0.3, 0.4) is 0 Å². The largest absolute Gasteiger partial charge is 0.337 e. The Hall–Kier alpha value is -1.60. The lowest BCUT2D eigenvalue weighted by molar-refractivity contribution is 0.241. The first-order chi connectivity index (χ1) is 8.92. The molecule has 106 valence electrons. The molecule has 0 saturated carbocycles. The minimum absolute atomic E-state index is 0.0845. The Morgan fingerprint density at radius 2 is 1.79 bits per heavy atom. The second kappa shape index (κ2) is 7.10. The summed E-state index contributed by atoms with van der Waals surface area (Å²) in [7, 11) is -0.344. The van der Waals surface area contributed by atoms with Crippen molar-refractivity contribution < 1.29 is 13.2 Å². The molecule has 0 saturated heterocycles. The van der Waals surface area contributed by atoms with Gasteiger partial charge in [0.1, 0.15) is 0 Å². The van der Waals surface area contributed by atoms with Crippen LogP contribution in [0.2, 0.25) is 0 Å². The van der Waals surface area contributed by atoms with Crippen LogP contribution in [0.4, 0.5) is 4.79 Å². The second-order valence-electron chi connectivity index (χ2n) is 4.19. The number of nitrogens with zero attached hydrogens (tertiary/aromatic N) is 1. The first kappa shape index (κ1) is 15.5. The van der Waals surface area contributed by atoms with Crippen molar-refractivity contribution in [2.75, 3.05) is 26.4 Å². The predicted octanol–water partition coefficient (Wildman–Crippen LogP) is 0.377. The summed E-state index contributed by atoms with van der Waals surface area (Å²) in [5, 5.41) is 5.16. The molecule has 0 fully saturated rings. The van der Waals surface area contributed by atoms with Crippen LogP contribution in [0.1, 0.15) is 5.56 Å². The zero-order valence-electron chi connectivity index (χ0n) is 11.1. The molecular formula is C12H19N3O3S. The Balaban J connectivity index is 2.26. The molecule has 7 heteroatoms. The first-order valence-electron chi connectivity index (χ1n) is 5.87. The molecule has 0 bridgehead atoms. The molecule has 0 aliphatic rings. The molecule has 0 heterocycles. The lowest BCUT2D eigenvalue weighted by Gasteiger charge is -2.12. The summed E-state index contributed by atoms with van der Waals surface area (Å²) < 4.78 is 24.0. The summed E-state index contributed by atoms with van der Waals surface area (Å²) in [5.74, 6) is -0.112. The maximum Gasteiger partial charge on any atom is 0.315 e. The lowest BCUT2D eigenvalue weighted by atomic mass is 10.2. The van der Waals surface area contributed by atoms with Crippen molar-refractivity contribution in [1.82, 2.24) is 14.9 Å². The number of sulfonamides is 1. The van der Waals surface area contributed by atoms with Crippen LogP contribution in [0.15, 0.2) is 30.3 Å². The third kappa shape index (κ3) is 5.71. The van der Waals surface area contributed by atoms with E-state index in [1.165, 1.54) is 14.1 Å². The number of urea groups is 1. The predicted molar refractivity (Wildman–Crippen MR) is 74.2 cm³/mol. The molecule has 19 heavy (non-hydrogen) atoms. The average molecular weight is 285 g/mol. The Kier molecular flexibility index (Phi) is 5.78. The molecule has 1 aromatic carbocycles. The molecule has 1 rings (SSSR count). The second-order valence-corrected chi connectivity index (χ2v) is 6.50. The van der Waals surface area contributed by atoms with Crippen molar-refractivity contribution in [3.05, 3.63) is 35.9 Å². The van der Waals surface area contributed by atoms with Gasteiger partial charge < -0.3 is 10.6 Å². The van der Waals surface area contributed by atoms with Crippen molar-refractivity contribution in [2.24, 2.45) is 0 Å². The maximum absolute atomic E-state index is 11.4. The summed E-state index contributed by atoms with van der Waals surface area (Å²) in [4.78, 5) is 11.4. The van der Waals surface area contributed by atoms with Gasteiger partial charge in [-0.05, 0) is 5.56 Å². The van der Waals surface area contributed by atoms with Gasteiger partial charge in [0.25, 0.3) is 0 Å². The van der Waals surface area contributed by atoms with E-state index in [-0.39, 0.29) is 18.3 Å². The molecule has 2 N–H and O–H groups in total. The Morgan fingerprint density at radius 3 is 2.37 bits per heavy atom. The van der Waals surface area contributed by atoms with Crippen LogP contribution in [0.25, 0.3) is 0 Å². The lowest BCUT2D eigenvalue weighted by Crippen LogP contribution is -2.39. The first-order valence-corrected chi connectivity index (χ1v) is 7.48. The third-order valence-corrected chi connectivity index (χ3v) is 4.33. The summed E-state index contributed by atoms with van der Waals surface area (Å²) in [6, 6.07) is 9.10. The Morgan fingerprint density at radius 1 is 1.16 bits per heavy atom. The summed E-state index contributed by atoms with van der Waals surface area (Å²) in [5.41, 5.74) is 0.985. The zero-order valence-corrected chi connectivity index (χ0v) is 11.9. The van der Waals surface area contributed by atoms with E-state index in [2.05, 4.69) is 10.6 Å². The molecule has 0 atom stereocenters. The molecule has 2 amide bonds. The Labute approximate surface area is 113 Å². The molecule has 6 nitrogen and oxygen atoms in total. The van der Waals surface area contributed by atoms with Crippen LogP contribution in [0, 0.1) is 0 Å². The van der Waals surface area contributed by atoms with Crippen molar-refractivity contribution in [3.8, 4) is 0 Å². The van der Waals surface area contributed by atoms with Crippen LogP contribution in [0.5, 0.6) is 0 Å². The number of nitrogens with one attached hydrogen (secondary N) is 2. The number of hydrogen-bond acceptors (Lipinski definition) is 3. The molecule has 0 unspecified atom stereocenters. The molecule has 0 radical (unpaired) electrons. The van der Waals surface area contributed by atoms with Gasteiger partial charge in [-0.25, -0.2) is 17.5 Å². The Bertz CT molecular complexity index is 500. The van der Waals surface area contributed by atoms with Crippen LogP contribution < -0.4 is 10.6 Å². The van der Waals surface area contributed by atoms with Gasteiger partial charge in [0, 0.05) is 27.2 Å². The molecular weight excluding hydrogens is 266 g/mol. The molecule has 0 aromatic heterocycles. The highest BCUT2D eigenvalue weighted by Gasteiger charge is 2.13. The van der Waals surface area contributed by atoms with Crippen molar-refractivity contribution in [1.29, 1.82) is 0 Å². The van der Waals surface area contributed by atoms with Crippen LogP contribution in [-0.4, -0.2) is 45.1 Å². The minimum Gasteiger partial charge on any atom is -0.337 e. The van der Waals surface area contributed by atoms with Gasteiger partial charge in [-0.3, -0.25) is 0 Å². The topological polar surface area (TPSA) is 78.5 Å². The summed E-state index contributed by atoms with van der Waals surface area (Å²) >= 11 is 0. The van der Waals surface area contributed by atoms with Crippen molar-refractivity contribution in [2.45, 2.75) is 6.54 Å². The highest BCUT2D eigenvalue weighted by molar-refractivity contribution is 7.89. The monoisotopic (exact) mass is 285 g/mol. The number of carbonyl (C=O) groups is 1. The minimum atomic E-state index is -3.27. The van der Waals surface area contributed by atoms with Gasteiger partial charge in [0.2, 0.25) is 10.0 Å².